The van der Waals surface area contributed by atoms with Crippen molar-refractivity contribution in [1.29, 1.82) is 0 Å². The first kappa shape index (κ1) is 15.5. The Labute approximate surface area is 154 Å². The zero-order valence-electron chi connectivity index (χ0n) is 14.5. The van der Waals surface area contributed by atoms with Gasteiger partial charge in [0.05, 0.1) is 11.4 Å². The number of imidazole rings is 1. The molecule has 0 bridgehead atoms. The Hall–Kier alpha value is -2.74. The second-order valence-corrected chi connectivity index (χ2v) is 7.50. The van der Waals surface area contributed by atoms with E-state index in [1.54, 1.807) is 11.3 Å². The van der Waals surface area contributed by atoms with E-state index >= 15 is 0 Å². The molecule has 26 heavy (non-hydrogen) atoms. The van der Waals surface area contributed by atoms with Gasteiger partial charge in [-0.25, -0.2) is 4.98 Å². The Morgan fingerprint density at radius 1 is 1.12 bits per heavy atom. The van der Waals surface area contributed by atoms with E-state index in [0.29, 0.717) is 5.92 Å². The zero-order valence-corrected chi connectivity index (χ0v) is 15.3. The van der Waals surface area contributed by atoms with Crippen LogP contribution in [0.25, 0.3) is 10.6 Å². The van der Waals surface area contributed by atoms with Crippen molar-refractivity contribution in [3.8, 4) is 5.69 Å². The fraction of sp³-hybridized carbons (Fsp3) is 0.333. The molecule has 0 amide bonds. The molecule has 5 rings (SSSR count). The second kappa shape index (κ2) is 6.21. The number of aromatic nitrogens is 6. The van der Waals surface area contributed by atoms with Crippen LogP contribution in [0.5, 0.6) is 0 Å². The van der Waals surface area contributed by atoms with Gasteiger partial charge < -0.3 is 4.90 Å². The van der Waals surface area contributed by atoms with E-state index in [9.17, 15) is 0 Å². The van der Waals surface area contributed by atoms with Gasteiger partial charge in [-0.2, -0.15) is 4.68 Å². The van der Waals surface area contributed by atoms with E-state index in [1.807, 2.05) is 35.0 Å². The molecule has 8 heteroatoms. The third-order valence-corrected chi connectivity index (χ3v) is 5.91. The van der Waals surface area contributed by atoms with Gasteiger partial charge in [-0.05, 0) is 42.3 Å². The molecule has 7 nitrogen and oxygen atoms in total. The molecule has 0 radical (unpaired) electrons. The molecule has 1 aromatic carbocycles. The standard InChI is InChI=1S/C18H19N7S/c1-13-16(19-18-24(13)11-12-26-18)14-7-9-23(10-8-14)17-20-21-22-25(17)15-5-3-2-4-6-15/h2-6,11-12,14H,7-10H2,1H3. The van der Waals surface area contributed by atoms with E-state index in [2.05, 4.69) is 43.3 Å². The van der Waals surface area contributed by atoms with Crippen LogP contribution in [0.4, 0.5) is 5.95 Å². The number of piperidine rings is 1. The van der Waals surface area contributed by atoms with Gasteiger partial charge in [-0.3, -0.25) is 4.40 Å². The van der Waals surface area contributed by atoms with Gasteiger partial charge >= 0.3 is 0 Å². The minimum atomic E-state index is 0.499. The Morgan fingerprint density at radius 3 is 2.69 bits per heavy atom. The Balaban J connectivity index is 1.36. The summed E-state index contributed by atoms with van der Waals surface area (Å²) in [7, 11) is 0. The fourth-order valence-electron chi connectivity index (χ4n) is 3.77. The molecule has 0 N–H and O–H groups in total. The molecule has 4 aromatic rings. The van der Waals surface area contributed by atoms with Crippen LogP contribution in [0.15, 0.2) is 41.9 Å². The normalized spacial score (nSPS) is 15.8. The maximum Gasteiger partial charge on any atom is 0.250 e. The monoisotopic (exact) mass is 365 g/mol. The van der Waals surface area contributed by atoms with E-state index in [-0.39, 0.29) is 0 Å². The Morgan fingerprint density at radius 2 is 1.92 bits per heavy atom. The molecule has 0 aliphatic carbocycles. The summed E-state index contributed by atoms with van der Waals surface area (Å²) < 4.78 is 4.01. The van der Waals surface area contributed by atoms with Crippen LogP contribution in [0.2, 0.25) is 0 Å². The van der Waals surface area contributed by atoms with Crippen molar-refractivity contribution in [2.24, 2.45) is 0 Å². The van der Waals surface area contributed by atoms with E-state index in [1.165, 1.54) is 11.4 Å². The number of tetrazole rings is 1. The predicted molar refractivity (Wildman–Crippen MR) is 101 cm³/mol. The first-order chi connectivity index (χ1) is 12.8. The first-order valence-electron chi connectivity index (χ1n) is 8.82. The molecule has 1 saturated heterocycles. The number of thiazole rings is 1. The van der Waals surface area contributed by atoms with Crippen molar-refractivity contribution in [3.63, 3.8) is 0 Å². The summed E-state index contributed by atoms with van der Waals surface area (Å²) in [6.07, 6.45) is 4.23. The summed E-state index contributed by atoms with van der Waals surface area (Å²) in [5.74, 6) is 1.32. The maximum atomic E-state index is 4.87. The summed E-state index contributed by atoms with van der Waals surface area (Å²) in [5.41, 5.74) is 3.51. The summed E-state index contributed by atoms with van der Waals surface area (Å²) in [4.78, 5) is 8.23. The number of aryl methyl sites for hydroxylation is 1. The zero-order chi connectivity index (χ0) is 17.5. The molecule has 3 aromatic heterocycles. The summed E-state index contributed by atoms with van der Waals surface area (Å²) in [6.45, 7) is 4.04. The molecule has 0 atom stereocenters. The van der Waals surface area contributed by atoms with Crippen molar-refractivity contribution < 1.29 is 0 Å². The molecule has 1 aliphatic rings. The molecular formula is C18H19N7S. The second-order valence-electron chi connectivity index (χ2n) is 6.63. The average molecular weight is 365 g/mol. The number of benzene rings is 1. The lowest BCUT2D eigenvalue weighted by Crippen LogP contribution is -2.35. The molecule has 1 fully saturated rings. The third kappa shape index (κ3) is 2.48. The molecule has 4 heterocycles. The van der Waals surface area contributed by atoms with Crippen molar-refractivity contribution in [2.45, 2.75) is 25.7 Å². The van der Waals surface area contributed by atoms with Gasteiger partial charge in [0.25, 0.3) is 0 Å². The van der Waals surface area contributed by atoms with Crippen LogP contribution in [-0.4, -0.2) is 42.7 Å². The SMILES string of the molecule is Cc1c(C2CCN(c3nnnn3-c3ccccc3)CC2)nc2sccn12. The quantitative estimate of drug-likeness (QED) is 0.558. The third-order valence-electron chi connectivity index (χ3n) is 5.16. The highest BCUT2D eigenvalue weighted by molar-refractivity contribution is 7.15. The number of hydrogen-bond acceptors (Lipinski definition) is 6. The summed E-state index contributed by atoms with van der Waals surface area (Å²) in [6, 6.07) is 10.0. The topological polar surface area (TPSA) is 64.1 Å². The summed E-state index contributed by atoms with van der Waals surface area (Å²) >= 11 is 1.70. The number of para-hydroxylation sites is 1. The maximum absolute atomic E-state index is 4.87. The summed E-state index contributed by atoms with van der Waals surface area (Å²) in [5, 5.41) is 14.4. The van der Waals surface area contributed by atoms with Crippen LogP contribution in [0.3, 0.4) is 0 Å². The molecule has 0 unspecified atom stereocenters. The van der Waals surface area contributed by atoms with E-state index in [4.69, 9.17) is 4.98 Å². The van der Waals surface area contributed by atoms with Crippen molar-refractivity contribution in [3.05, 3.63) is 53.3 Å². The minimum absolute atomic E-state index is 0.499. The number of hydrogen-bond donors (Lipinski definition) is 0. The average Bonchev–Trinajstić information content (AvgIpc) is 3.41. The van der Waals surface area contributed by atoms with E-state index < -0.39 is 0 Å². The molecular weight excluding hydrogens is 346 g/mol. The lowest BCUT2D eigenvalue weighted by molar-refractivity contribution is 0.488. The van der Waals surface area contributed by atoms with Crippen molar-refractivity contribution in [2.75, 3.05) is 18.0 Å². The molecule has 0 spiro atoms. The van der Waals surface area contributed by atoms with Crippen LogP contribution in [-0.2, 0) is 0 Å². The molecule has 132 valence electrons. The minimum Gasteiger partial charge on any atom is -0.339 e. The van der Waals surface area contributed by atoms with E-state index in [0.717, 1.165) is 42.5 Å². The predicted octanol–water partition coefficient (Wildman–Crippen LogP) is 3.06. The largest absolute Gasteiger partial charge is 0.339 e. The highest BCUT2D eigenvalue weighted by Gasteiger charge is 2.27. The van der Waals surface area contributed by atoms with Crippen LogP contribution < -0.4 is 4.90 Å². The highest BCUT2D eigenvalue weighted by atomic mass is 32.1. The van der Waals surface area contributed by atoms with Gasteiger partial charge in [-0.1, -0.05) is 23.3 Å². The van der Waals surface area contributed by atoms with Crippen LogP contribution in [0, 0.1) is 6.92 Å². The van der Waals surface area contributed by atoms with Gasteiger partial charge in [0.2, 0.25) is 5.95 Å². The Kier molecular flexibility index (Phi) is 3.70. The number of anilines is 1. The van der Waals surface area contributed by atoms with Crippen LogP contribution >= 0.6 is 11.3 Å². The number of rotatable bonds is 3. The first-order valence-corrected chi connectivity index (χ1v) is 9.70. The van der Waals surface area contributed by atoms with Gasteiger partial charge in [0.15, 0.2) is 4.96 Å². The smallest absolute Gasteiger partial charge is 0.250 e. The lowest BCUT2D eigenvalue weighted by Gasteiger charge is -2.31. The van der Waals surface area contributed by atoms with Crippen molar-refractivity contribution in [1.82, 2.24) is 29.6 Å². The van der Waals surface area contributed by atoms with Crippen LogP contribution in [0.1, 0.15) is 30.1 Å². The molecule has 0 saturated carbocycles. The van der Waals surface area contributed by atoms with Crippen molar-refractivity contribution >= 4 is 22.2 Å². The number of nitrogens with zero attached hydrogens (tertiary/aromatic N) is 7. The molecule has 1 aliphatic heterocycles. The lowest BCUT2D eigenvalue weighted by atomic mass is 9.92. The van der Waals surface area contributed by atoms with Gasteiger partial charge in [-0.15, -0.1) is 11.3 Å². The van der Waals surface area contributed by atoms with Gasteiger partial charge in [0, 0.05) is 36.3 Å². The van der Waals surface area contributed by atoms with Gasteiger partial charge in [0.1, 0.15) is 0 Å². The number of fused-ring (bicyclic) bond motifs is 1. The fourth-order valence-corrected chi connectivity index (χ4v) is 4.54. The Bertz CT molecular complexity index is 1020. The highest BCUT2D eigenvalue weighted by Crippen LogP contribution is 2.32.